The molecule has 0 saturated carbocycles. The molecule has 0 bridgehead atoms. The Labute approximate surface area is 342 Å². The van der Waals surface area contributed by atoms with Crippen molar-refractivity contribution in [3.8, 4) is 16.8 Å². The molecule has 12 aromatic rings. The molecule has 272 valence electrons. The Morgan fingerprint density at radius 1 is 0.500 bits per heavy atom. The first-order valence-corrected chi connectivity index (χ1v) is 21.7. The van der Waals surface area contributed by atoms with Crippen LogP contribution in [0.1, 0.15) is 26.3 Å². The van der Waals surface area contributed by atoms with E-state index >= 15 is 0 Å². The minimum absolute atomic E-state index is 0.0449. The lowest BCUT2D eigenvalue weighted by atomic mass is 9.44. The highest BCUT2D eigenvalue weighted by atomic mass is 32.1. The predicted molar refractivity (Wildman–Crippen MR) is 252 cm³/mol. The van der Waals surface area contributed by atoms with Gasteiger partial charge in [-0.1, -0.05) is 99.6 Å². The fraction of sp³-hybridized carbons (Fsp3) is 0.0769. The zero-order valence-electron chi connectivity index (χ0n) is 32.1. The third kappa shape index (κ3) is 3.99. The summed E-state index contributed by atoms with van der Waals surface area (Å²) in [5.41, 5.74) is 14.6. The van der Waals surface area contributed by atoms with E-state index in [9.17, 15) is 0 Å². The van der Waals surface area contributed by atoms with Crippen LogP contribution in [0, 0.1) is 0 Å². The van der Waals surface area contributed by atoms with Gasteiger partial charge in [0.15, 0.2) is 0 Å². The Bertz CT molecular complexity index is 3800. The third-order valence-corrected chi connectivity index (χ3v) is 15.4. The summed E-state index contributed by atoms with van der Waals surface area (Å²) < 4.78 is 14.6. The highest BCUT2D eigenvalue weighted by Crippen LogP contribution is 2.50. The summed E-state index contributed by atoms with van der Waals surface area (Å²) in [5.74, 6) is 0. The van der Waals surface area contributed by atoms with E-state index in [0.29, 0.717) is 0 Å². The maximum atomic E-state index is 6.72. The van der Waals surface area contributed by atoms with E-state index in [-0.39, 0.29) is 12.3 Å². The van der Waals surface area contributed by atoms with E-state index in [4.69, 9.17) is 4.42 Å². The molecule has 58 heavy (non-hydrogen) atoms. The normalized spacial score (nSPS) is 13.7. The molecule has 0 aliphatic carbocycles. The lowest BCUT2D eigenvalue weighted by Crippen LogP contribution is -2.60. The van der Waals surface area contributed by atoms with E-state index in [0.717, 1.165) is 21.9 Å². The molecule has 0 radical (unpaired) electrons. The van der Waals surface area contributed by atoms with Crippen molar-refractivity contribution in [3.63, 3.8) is 0 Å². The van der Waals surface area contributed by atoms with Gasteiger partial charge in [-0.3, -0.25) is 0 Å². The van der Waals surface area contributed by atoms with Crippen LogP contribution < -0.4 is 15.7 Å². The van der Waals surface area contributed by atoms with Crippen molar-refractivity contribution < 1.29 is 4.42 Å². The molecule has 4 aromatic heterocycles. The van der Waals surface area contributed by atoms with Crippen molar-refractivity contribution in [3.05, 3.63) is 151 Å². The molecule has 6 heterocycles. The van der Waals surface area contributed by atoms with Gasteiger partial charge in [-0.2, -0.15) is 0 Å². The number of benzene rings is 8. The summed E-state index contributed by atoms with van der Waals surface area (Å²) in [6.45, 7) is 6.79. The molecule has 0 unspecified atom stereocenters. The summed E-state index contributed by atoms with van der Waals surface area (Å²) in [5, 5.41) is 10.2. The SMILES string of the molecule is CC(C)(C)c1ccc(N2B3c4cc5oc6ccccc6c5cc4-n4c5cc6c(cc5c5ccc(c3c54)-c3cc4sc5ccccc5c4cc32)sc2ccccc26)cc1. The quantitative estimate of drug-likeness (QED) is 0.155. The predicted octanol–water partition coefficient (Wildman–Crippen LogP) is 14.0. The standard InChI is InChI=1S/C52H33BN2OS2/c1-52(2,3)28-16-18-29(19-17-28)55-42-24-39-32-12-6-9-15-47(32)57-48(39)25-35(42)33-20-21-34-36-26-49-38(31-11-5-8-14-46(31)58-49)23-41(36)54-43-22-37-30-10-4-7-13-44(30)56-45(37)27-40(43)53(55)50(33)51(34)54/h4-27H,1-3H3. The van der Waals surface area contributed by atoms with Crippen LogP contribution in [0.25, 0.3) is 101 Å². The number of fused-ring (bicyclic) bond motifs is 17. The van der Waals surface area contributed by atoms with Gasteiger partial charge in [0.2, 0.25) is 0 Å². The molecule has 0 fully saturated rings. The molecular formula is C52H33BN2OS2. The number of anilines is 2. The van der Waals surface area contributed by atoms with Crippen molar-refractivity contribution in [2.24, 2.45) is 0 Å². The van der Waals surface area contributed by atoms with Crippen molar-refractivity contribution in [2.45, 2.75) is 26.2 Å². The molecule has 0 spiro atoms. The average molecular weight is 777 g/mol. The zero-order chi connectivity index (χ0) is 38.2. The Morgan fingerprint density at radius 2 is 1.17 bits per heavy atom. The van der Waals surface area contributed by atoms with Gasteiger partial charge < -0.3 is 13.8 Å². The second-order valence-electron chi connectivity index (χ2n) is 17.3. The molecule has 2 aliphatic rings. The number of aromatic nitrogens is 1. The topological polar surface area (TPSA) is 21.3 Å². The molecule has 14 rings (SSSR count). The summed E-state index contributed by atoms with van der Waals surface area (Å²) in [6.07, 6.45) is 0. The van der Waals surface area contributed by atoms with Crippen LogP contribution >= 0.6 is 22.7 Å². The van der Waals surface area contributed by atoms with E-state index in [1.54, 1.807) is 0 Å². The monoisotopic (exact) mass is 776 g/mol. The molecular weight excluding hydrogens is 744 g/mol. The maximum absolute atomic E-state index is 6.72. The summed E-state index contributed by atoms with van der Waals surface area (Å²) >= 11 is 3.79. The first-order chi connectivity index (χ1) is 28.4. The van der Waals surface area contributed by atoms with Crippen LogP contribution in [-0.2, 0) is 5.41 Å². The number of para-hydroxylation sites is 1. The largest absolute Gasteiger partial charge is 0.456 e. The fourth-order valence-electron chi connectivity index (χ4n) is 10.4. The highest BCUT2D eigenvalue weighted by molar-refractivity contribution is 7.26. The molecule has 2 aliphatic heterocycles. The Balaban J connectivity index is 1.17. The number of rotatable bonds is 1. The van der Waals surface area contributed by atoms with Crippen LogP contribution in [0.2, 0.25) is 0 Å². The number of hydrogen-bond acceptors (Lipinski definition) is 4. The second kappa shape index (κ2) is 10.8. The molecule has 0 atom stereocenters. The maximum Gasteiger partial charge on any atom is 0.333 e. The van der Waals surface area contributed by atoms with E-state index < -0.39 is 0 Å². The van der Waals surface area contributed by atoms with Gasteiger partial charge in [-0.25, -0.2) is 0 Å². The first-order valence-electron chi connectivity index (χ1n) is 20.1. The van der Waals surface area contributed by atoms with Gasteiger partial charge in [0.1, 0.15) is 11.2 Å². The minimum atomic E-state index is -0.0968. The van der Waals surface area contributed by atoms with Gasteiger partial charge in [0.25, 0.3) is 0 Å². The zero-order valence-corrected chi connectivity index (χ0v) is 33.7. The van der Waals surface area contributed by atoms with Gasteiger partial charge in [-0.05, 0) is 94.2 Å². The lowest BCUT2D eigenvalue weighted by molar-refractivity contribution is 0.590. The van der Waals surface area contributed by atoms with E-state index in [2.05, 4.69) is 176 Å². The Morgan fingerprint density at radius 3 is 1.93 bits per heavy atom. The van der Waals surface area contributed by atoms with Crippen LogP contribution in [0.15, 0.2) is 150 Å². The number of furan rings is 1. The lowest BCUT2D eigenvalue weighted by Gasteiger charge is -2.42. The summed E-state index contributed by atoms with van der Waals surface area (Å²) in [6, 6.07) is 55.1. The average Bonchev–Trinajstić information content (AvgIpc) is 3.99. The molecule has 8 aromatic carbocycles. The third-order valence-electron chi connectivity index (χ3n) is 13.1. The molecule has 0 N–H and O–H groups in total. The van der Waals surface area contributed by atoms with E-state index in [1.165, 1.54) is 107 Å². The minimum Gasteiger partial charge on any atom is -0.456 e. The smallest absolute Gasteiger partial charge is 0.333 e. The van der Waals surface area contributed by atoms with E-state index in [1.807, 2.05) is 22.7 Å². The van der Waals surface area contributed by atoms with Crippen LogP contribution in [-0.4, -0.2) is 11.4 Å². The number of thiophene rings is 2. The molecule has 6 heteroatoms. The summed E-state index contributed by atoms with van der Waals surface area (Å²) in [7, 11) is 0. The fourth-order valence-corrected chi connectivity index (χ4v) is 12.7. The van der Waals surface area contributed by atoms with Gasteiger partial charge in [0, 0.05) is 84.5 Å². The van der Waals surface area contributed by atoms with Crippen molar-refractivity contribution >= 4 is 136 Å². The van der Waals surface area contributed by atoms with Crippen LogP contribution in [0.3, 0.4) is 0 Å². The molecule has 0 saturated heterocycles. The Kier molecular flexibility index (Phi) is 5.90. The highest BCUT2D eigenvalue weighted by Gasteiger charge is 2.44. The van der Waals surface area contributed by atoms with Crippen molar-refractivity contribution in [2.75, 3.05) is 4.81 Å². The van der Waals surface area contributed by atoms with Crippen LogP contribution in [0.5, 0.6) is 0 Å². The van der Waals surface area contributed by atoms with Crippen molar-refractivity contribution in [1.29, 1.82) is 0 Å². The Hall–Kier alpha value is -6.34. The van der Waals surface area contributed by atoms with Gasteiger partial charge in [0.05, 0.1) is 11.0 Å². The van der Waals surface area contributed by atoms with Crippen LogP contribution in [0.4, 0.5) is 11.4 Å². The second-order valence-corrected chi connectivity index (χ2v) is 19.4. The number of nitrogens with zero attached hydrogens (tertiary/aromatic N) is 2. The number of hydrogen-bond donors (Lipinski definition) is 0. The first kappa shape index (κ1) is 31.7. The molecule has 0 amide bonds. The van der Waals surface area contributed by atoms with Gasteiger partial charge in [-0.15, -0.1) is 22.7 Å². The van der Waals surface area contributed by atoms with Gasteiger partial charge >= 0.3 is 6.85 Å². The molecule has 3 nitrogen and oxygen atoms in total. The van der Waals surface area contributed by atoms with Crippen molar-refractivity contribution in [1.82, 2.24) is 4.57 Å². The summed E-state index contributed by atoms with van der Waals surface area (Å²) in [4.78, 5) is 2.65.